The van der Waals surface area contributed by atoms with Gasteiger partial charge in [-0.05, 0) is 68.9 Å². The molecule has 2 aliphatic heterocycles. The van der Waals surface area contributed by atoms with Crippen molar-refractivity contribution in [2.75, 3.05) is 0 Å². The molecule has 9 aromatic rings. The van der Waals surface area contributed by atoms with Crippen LogP contribution in [0, 0.1) is 11.5 Å². The SMILES string of the molecule is CCCn1c(-c2ccc(C#C[Si](C(C)C)(C(C)C)C(C)C)cc2)nc2cc3c(cc21)-c1nc-3nc2[n-]c(nc3nc(nc4[n-]c(n1)c1ccccc41)-c1ccccc1-3)c1ccccc21.[Zn+2]. The van der Waals surface area contributed by atoms with E-state index in [2.05, 4.69) is 101 Å². The first-order valence-electron chi connectivity index (χ1n) is 22.3. The third kappa shape index (κ3) is 6.91. The van der Waals surface area contributed by atoms with E-state index in [1.54, 1.807) is 0 Å². The fraction of sp³-hybridized carbons (Fsp3) is 0.226. The Morgan fingerprint density at radius 3 is 1.40 bits per heavy atom. The number of imidazole rings is 1. The molecule has 12 heteroatoms. The van der Waals surface area contributed by atoms with Gasteiger partial charge in [0, 0.05) is 62.5 Å². The van der Waals surface area contributed by atoms with Crippen LogP contribution in [-0.4, -0.2) is 47.5 Å². The molecule has 314 valence electrons. The summed E-state index contributed by atoms with van der Waals surface area (Å²) in [6.45, 7) is 17.1. The molecule has 4 aromatic heterocycles. The van der Waals surface area contributed by atoms with Crippen molar-refractivity contribution in [1.29, 1.82) is 0 Å². The molecule has 5 aromatic carbocycles. The summed E-state index contributed by atoms with van der Waals surface area (Å²) >= 11 is 0. The second kappa shape index (κ2) is 16.4. The smallest absolute Gasteiger partial charge is 0.357 e. The molecule has 10 nitrogen and oxygen atoms in total. The number of aryl methyl sites for hydroxylation is 1. The Kier molecular flexibility index (Phi) is 10.7. The summed E-state index contributed by atoms with van der Waals surface area (Å²) in [6, 6.07) is 37.0. The Hall–Kier alpha value is -6.67. The molecule has 11 rings (SSSR count). The Balaban J connectivity index is 0.00000498. The van der Waals surface area contributed by atoms with Gasteiger partial charge >= 0.3 is 19.5 Å². The zero-order valence-electron chi connectivity index (χ0n) is 37.7. The van der Waals surface area contributed by atoms with E-state index in [0.717, 1.165) is 84.7 Å². The first kappa shape index (κ1) is 42.3. The first-order chi connectivity index (χ1) is 31.1. The predicted molar refractivity (Wildman–Crippen MR) is 261 cm³/mol. The van der Waals surface area contributed by atoms with Crippen molar-refractivity contribution in [3.63, 3.8) is 0 Å². The minimum absolute atomic E-state index is 0. The van der Waals surface area contributed by atoms with E-state index in [1.165, 1.54) is 0 Å². The molecule has 65 heavy (non-hydrogen) atoms. The zero-order valence-corrected chi connectivity index (χ0v) is 41.7. The standard InChI is InChI=1S/C53H46N10Si.Zn/c1-8-26-63-44-29-42-41(28-43(44)54-53(63)34-23-21-33(22-24-34)25-27-64(30(2)3,31(4)5)32(6)7)51-60-49-39-19-13-11-17-37(39)47(58-49)56-45-35-15-9-10-16-36(35)46(55-45)57-48-38-18-12-14-20-40(38)50(59-48)61-52(42)62-51;/h9-24,28-32H,8,26H2,1-7H3;/q-2;+2. The maximum Gasteiger partial charge on any atom is 2.00 e. The molecule has 0 fully saturated rings. The summed E-state index contributed by atoms with van der Waals surface area (Å²) < 4.78 is 2.31. The van der Waals surface area contributed by atoms with Gasteiger partial charge in [0.05, 0.1) is 34.3 Å². The molecule has 0 spiro atoms. The Morgan fingerprint density at radius 2 is 0.954 bits per heavy atom. The normalized spacial score (nSPS) is 12.2. The minimum atomic E-state index is -1.87. The van der Waals surface area contributed by atoms with Crippen LogP contribution in [0.15, 0.2) is 109 Å². The van der Waals surface area contributed by atoms with Gasteiger partial charge in [0.1, 0.15) is 13.9 Å². The van der Waals surface area contributed by atoms with Gasteiger partial charge in [-0.25, -0.2) is 15.0 Å². The van der Waals surface area contributed by atoms with E-state index in [4.69, 9.17) is 44.9 Å². The summed E-state index contributed by atoms with van der Waals surface area (Å²) in [7, 11) is -1.87. The maximum atomic E-state index is 5.32. The topological polar surface area (TPSA) is 123 Å². The maximum absolute atomic E-state index is 5.32. The molecule has 0 radical (unpaired) electrons. The van der Waals surface area contributed by atoms with Gasteiger partial charge in [0.15, 0.2) is 0 Å². The van der Waals surface area contributed by atoms with E-state index in [0.29, 0.717) is 62.5 Å². The number of benzene rings is 5. The Labute approximate surface area is 391 Å². The summed E-state index contributed by atoms with van der Waals surface area (Å²) in [5, 5.41) is 3.47. The summed E-state index contributed by atoms with van der Waals surface area (Å²) in [6.07, 6.45) is 0.928. The van der Waals surface area contributed by atoms with Crippen molar-refractivity contribution in [1.82, 2.24) is 49.4 Å². The van der Waals surface area contributed by atoms with Gasteiger partial charge in [-0.3, -0.25) is 0 Å². The van der Waals surface area contributed by atoms with Crippen LogP contribution in [0.3, 0.4) is 0 Å². The van der Waals surface area contributed by atoms with Crippen molar-refractivity contribution >= 4 is 63.2 Å². The molecule has 0 saturated carbocycles. The molecule has 0 N–H and O–H groups in total. The average Bonchev–Trinajstić information content (AvgIpc) is 4.09. The summed E-state index contributed by atoms with van der Waals surface area (Å²) in [5.74, 6) is 6.60. The third-order valence-corrected chi connectivity index (χ3v) is 19.5. The van der Waals surface area contributed by atoms with E-state index >= 15 is 0 Å². The molecule has 0 amide bonds. The van der Waals surface area contributed by atoms with Crippen molar-refractivity contribution in [3.05, 3.63) is 115 Å². The van der Waals surface area contributed by atoms with E-state index in [9.17, 15) is 0 Å². The van der Waals surface area contributed by atoms with Crippen molar-refractivity contribution in [3.8, 4) is 68.4 Å². The number of fused-ring (bicyclic) bond motifs is 21. The van der Waals surface area contributed by atoms with Crippen molar-refractivity contribution in [2.45, 2.75) is 78.1 Å². The van der Waals surface area contributed by atoms with E-state index < -0.39 is 8.07 Å². The number of nitrogens with zero attached hydrogens (tertiary/aromatic N) is 10. The summed E-state index contributed by atoms with van der Waals surface area (Å²) in [4.78, 5) is 46.2. The van der Waals surface area contributed by atoms with Gasteiger partial charge in [0.2, 0.25) is 0 Å². The molecular weight excluding hydrogens is 870 g/mol. The van der Waals surface area contributed by atoms with Gasteiger partial charge in [0.25, 0.3) is 0 Å². The monoisotopic (exact) mass is 914 g/mol. The predicted octanol–water partition coefficient (Wildman–Crippen LogP) is 12.1. The number of rotatable bonds is 6. The van der Waals surface area contributed by atoms with Crippen LogP contribution in [0.4, 0.5) is 0 Å². The number of hydrogen-bond donors (Lipinski definition) is 0. The molecule has 2 aliphatic rings. The van der Waals surface area contributed by atoms with E-state index in [1.807, 2.05) is 72.8 Å². The molecule has 6 heterocycles. The first-order valence-corrected chi connectivity index (χ1v) is 24.5. The molecule has 0 saturated heterocycles. The fourth-order valence-electron chi connectivity index (χ4n) is 10.1. The van der Waals surface area contributed by atoms with Gasteiger partial charge in [-0.1, -0.05) is 139 Å². The van der Waals surface area contributed by atoms with Gasteiger partial charge in [-0.15, -0.1) is 5.54 Å². The van der Waals surface area contributed by atoms with Crippen LogP contribution < -0.4 is 9.97 Å². The fourth-order valence-corrected chi connectivity index (χ4v) is 15.3. The van der Waals surface area contributed by atoms with Crippen molar-refractivity contribution < 1.29 is 19.5 Å². The van der Waals surface area contributed by atoms with Gasteiger partial charge < -0.3 is 34.5 Å². The van der Waals surface area contributed by atoms with Crippen LogP contribution in [0.25, 0.3) is 112 Å². The van der Waals surface area contributed by atoms with E-state index in [-0.39, 0.29) is 19.5 Å². The molecule has 0 atom stereocenters. The molecule has 8 bridgehead atoms. The molecule has 0 aliphatic carbocycles. The second-order valence-corrected chi connectivity index (χ2v) is 23.4. The second-order valence-electron chi connectivity index (χ2n) is 17.8. The van der Waals surface area contributed by atoms with Gasteiger partial charge in [-0.2, -0.15) is 0 Å². The minimum Gasteiger partial charge on any atom is -0.357 e. The van der Waals surface area contributed by atoms with Crippen LogP contribution in [-0.2, 0) is 26.0 Å². The number of aromatic nitrogens is 10. The third-order valence-electron chi connectivity index (χ3n) is 13.2. The quantitative estimate of drug-likeness (QED) is 0.118. The molecule has 0 unspecified atom stereocenters. The largest absolute Gasteiger partial charge is 2.00 e. The van der Waals surface area contributed by atoms with Crippen LogP contribution in [0.5, 0.6) is 0 Å². The number of hydrogen-bond acceptors (Lipinski definition) is 7. The van der Waals surface area contributed by atoms with Crippen LogP contribution in [0.2, 0.25) is 16.6 Å². The zero-order chi connectivity index (χ0) is 43.9. The van der Waals surface area contributed by atoms with Crippen molar-refractivity contribution in [2.24, 2.45) is 0 Å². The van der Waals surface area contributed by atoms with Crippen LogP contribution >= 0.6 is 0 Å². The summed E-state index contributed by atoms with van der Waals surface area (Å²) in [5.41, 5.74) is 15.0. The average molecular weight is 916 g/mol. The Morgan fingerprint density at radius 1 is 0.523 bits per heavy atom. The molecular formula is C53H46N10SiZn. The Bertz CT molecular complexity index is 3570. The van der Waals surface area contributed by atoms with Crippen LogP contribution in [0.1, 0.15) is 60.5 Å².